The Bertz CT molecular complexity index is 299. The second kappa shape index (κ2) is 7.23. The molecule has 1 N–H and O–H groups in total. The normalized spacial score (nSPS) is 35.9. The smallest absolute Gasteiger partial charge is 0.0821 e. The Labute approximate surface area is 131 Å². The van der Waals surface area contributed by atoms with Crippen LogP contribution in [0.5, 0.6) is 0 Å². The van der Waals surface area contributed by atoms with Crippen molar-refractivity contribution in [2.45, 2.75) is 43.4 Å². The summed E-state index contributed by atoms with van der Waals surface area (Å²) in [4.78, 5) is 0. The van der Waals surface area contributed by atoms with Crippen LogP contribution < -0.4 is 5.32 Å². The third kappa shape index (κ3) is 3.49. The van der Waals surface area contributed by atoms with Crippen LogP contribution in [-0.2, 0) is 9.47 Å². The van der Waals surface area contributed by atoms with Gasteiger partial charge in [0.1, 0.15) is 0 Å². The van der Waals surface area contributed by atoms with E-state index in [4.69, 9.17) is 9.47 Å². The number of likely N-dealkylation sites (N-methyl/N-ethyl adjacent to an activating group) is 1. The van der Waals surface area contributed by atoms with E-state index in [1.165, 1.54) is 37.2 Å². The molecule has 3 aliphatic heterocycles. The summed E-state index contributed by atoms with van der Waals surface area (Å²) in [6.45, 7) is 1.85. The van der Waals surface area contributed by atoms with Crippen LogP contribution in [0.2, 0.25) is 0 Å². The molecule has 20 heavy (non-hydrogen) atoms. The van der Waals surface area contributed by atoms with Crippen LogP contribution in [0, 0.1) is 5.92 Å². The molecule has 3 aliphatic rings. The molecule has 0 saturated carbocycles. The van der Waals surface area contributed by atoms with Gasteiger partial charge in [0.25, 0.3) is 0 Å². The van der Waals surface area contributed by atoms with Crippen molar-refractivity contribution in [2.75, 3.05) is 43.3 Å². The summed E-state index contributed by atoms with van der Waals surface area (Å²) in [6.07, 6.45) is 5.28. The zero-order valence-electron chi connectivity index (χ0n) is 12.4. The van der Waals surface area contributed by atoms with Gasteiger partial charge in [-0.25, -0.2) is 0 Å². The summed E-state index contributed by atoms with van der Waals surface area (Å²) < 4.78 is 12.3. The van der Waals surface area contributed by atoms with E-state index in [1.54, 1.807) is 0 Å². The van der Waals surface area contributed by atoms with Crippen molar-refractivity contribution in [3.05, 3.63) is 0 Å². The first-order chi connectivity index (χ1) is 9.83. The van der Waals surface area contributed by atoms with Crippen LogP contribution in [0.1, 0.15) is 25.7 Å². The maximum Gasteiger partial charge on any atom is 0.0821 e. The standard InChI is InChI=1S/C15H27NO2S2/c1-16-14(13-11-20-9-6-17-13)12-2-5-18-15(10-12)3-7-19-8-4-15/h12-14,16H,2-11H2,1H3. The highest BCUT2D eigenvalue weighted by atomic mass is 32.2. The Balaban J connectivity index is 1.64. The summed E-state index contributed by atoms with van der Waals surface area (Å²) >= 11 is 4.12. The fraction of sp³-hybridized carbons (Fsp3) is 1.00. The van der Waals surface area contributed by atoms with Gasteiger partial charge < -0.3 is 14.8 Å². The Kier molecular flexibility index (Phi) is 5.59. The van der Waals surface area contributed by atoms with Crippen molar-refractivity contribution in [1.29, 1.82) is 0 Å². The van der Waals surface area contributed by atoms with Crippen molar-refractivity contribution in [3.8, 4) is 0 Å². The van der Waals surface area contributed by atoms with Crippen molar-refractivity contribution in [2.24, 2.45) is 5.92 Å². The van der Waals surface area contributed by atoms with Crippen LogP contribution in [-0.4, -0.2) is 61.0 Å². The summed E-state index contributed by atoms with van der Waals surface area (Å²) in [6, 6.07) is 0.498. The summed E-state index contributed by atoms with van der Waals surface area (Å²) in [5.74, 6) is 5.55. The van der Waals surface area contributed by atoms with Gasteiger partial charge in [-0.1, -0.05) is 0 Å². The van der Waals surface area contributed by atoms with Crippen LogP contribution in [0.3, 0.4) is 0 Å². The number of nitrogens with one attached hydrogen (secondary N) is 1. The van der Waals surface area contributed by atoms with Crippen molar-refractivity contribution in [3.63, 3.8) is 0 Å². The topological polar surface area (TPSA) is 30.5 Å². The Morgan fingerprint density at radius 1 is 1.15 bits per heavy atom. The monoisotopic (exact) mass is 317 g/mol. The van der Waals surface area contributed by atoms with Gasteiger partial charge in [-0.2, -0.15) is 23.5 Å². The highest BCUT2D eigenvalue weighted by Crippen LogP contribution is 2.41. The summed E-state index contributed by atoms with van der Waals surface area (Å²) in [5, 5.41) is 3.56. The zero-order chi connectivity index (χ0) is 13.8. The first-order valence-electron chi connectivity index (χ1n) is 7.91. The van der Waals surface area contributed by atoms with Gasteiger partial charge in [-0.3, -0.25) is 0 Å². The molecule has 3 saturated heterocycles. The molecule has 0 aromatic rings. The Hall–Kier alpha value is 0.580. The van der Waals surface area contributed by atoms with E-state index in [9.17, 15) is 0 Å². The van der Waals surface area contributed by atoms with Crippen molar-refractivity contribution < 1.29 is 9.47 Å². The second-order valence-corrected chi connectivity index (χ2v) is 8.57. The molecule has 0 radical (unpaired) electrons. The fourth-order valence-electron chi connectivity index (χ4n) is 3.90. The lowest BCUT2D eigenvalue weighted by atomic mass is 9.77. The number of hydrogen-bond donors (Lipinski definition) is 1. The van der Waals surface area contributed by atoms with E-state index in [-0.39, 0.29) is 5.60 Å². The van der Waals surface area contributed by atoms with Gasteiger partial charge in [-0.05, 0) is 50.2 Å². The lowest BCUT2D eigenvalue weighted by Crippen LogP contribution is -2.53. The highest BCUT2D eigenvalue weighted by Gasteiger charge is 2.42. The van der Waals surface area contributed by atoms with Gasteiger partial charge in [0, 0.05) is 24.2 Å². The molecule has 0 aromatic carbocycles. The van der Waals surface area contributed by atoms with Gasteiger partial charge in [0.2, 0.25) is 0 Å². The predicted molar refractivity (Wildman–Crippen MR) is 87.9 cm³/mol. The SMILES string of the molecule is CNC(C1CCOC2(CCSCC2)C1)C1CSCCO1. The molecule has 0 bridgehead atoms. The van der Waals surface area contributed by atoms with Crippen molar-refractivity contribution in [1.82, 2.24) is 5.32 Å². The maximum absolute atomic E-state index is 6.23. The number of ether oxygens (including phenoxy) is 2. The Morgan fingerprint density at radius 3 is 2.70 bits per heavy atom. The van der Waals surface area contributed by atoms with E-state index in [1.807, 2.05) is 11.8 Å². The largest absolute Gasteiger partial charge is 0.375 e. The number of rotatable bonds is 3. The molecule has 3 atom stereocenters. The molecule has 3 unspecified atom stereocenters. The predicted octanol–water partition coefficient (Wildman–Crippen LogP) is 2.40. The summed E-state index contributed by atoms with van der Waals surface area (Å²) in [5.41, 5.74) is 0.186. The molecule has 0 aromatic heterocycles. The van der Waals surface area contributed by atoms with Gasteiger partial charge >= 0.3 is 0 Å². The van der Waals surface area contributed by atoms with Crippen LogP contribution in [0.25, 0.3) is 0 Å². The fourth-order valence-corrected chi connectivity index (χ4v) is 6.06. The average Bonchev–Trinajstić information content (AvgIpc) is 2.50. The van der Waals surface area contributed by atoms with Gasteiger partial charge in [0.05, 0.1) is 18.3 Å². The maximum atomic E-state index is 6.23. The number of thioether (sulfide) groups is 2. The molecule has 3 fully saturated rings. The molecule has 1 spiro atoms. The molecular weight excluding hydrogens is 290 g/mol. The third-order valence-corrected chi connectivity index (χ3v) is 7.02. The quantitative estimate of drug-likeness (QED) is 0.864. The molecule has 3 rings (SSSR count). The van der Waals surface area contributed by atoms with E-state index < -0.39 is 0 Å². The minimum atomic E-state index is 0.186. The lowest BCUT2D eigenvalue weighted by molar-refractivity contribution is -0.114. The molecular formula is C15H27NO2S2. The van der Waals surface area contributed by atoms with Crippen LogP contribution in [0.4, 0.5) is 0 Å². The molecule has 5 heteroatoms. The second-order valence-electron chi connectivity index (χ2n) is 6.20. The Morgan fingerprint density at radius 2 is 2.00 bits per heavy atom. The van der Waals surface area contributed by atoms with Gasteiger partial charge in [0.15, 0.2) is 0 Å². The first-order valence-corrected chi connectivity index (χ1v) is 10.2. The minimum Gasteiger partial charge on any atom is -0.375 e. The summed E-state index contributed by atoms with van der Waals surface area (Å²) in [7, 11) is 2.10. The highest BCUT2D eigenvalue weighted by molar-refractivity contribution is 7.99. The van der Waals surface area contributed by atoms with E-state index in [0.717, 1.165) is 24.7 Å². The molecule has 3 heterocycles. The molecule has 116 valence electrons. The molecule has 0 amide bonds. The lowest BCUT2D eigenvalue weighted by Gasteiger charge is -2.46. The minimum absolute atomic E-state index is 0.186. The van der Waals surface area contributed by atoms with E-state index in [0.29, 0.717) is 18.1 Å². The molecule has 0 aliphatic carbocycles. The van der Waals surface area contributed by atoms with E-state index >= 15 is 0 Å². The molecule has 3 nitrogen and oxygen atoms in total. The van der Waals surface area contributed by atoms with E-state index in [2.05, 4.69) is 24.1 Å². The zero-order valence-corrected chi connectivity index (χ0v) is 14.1. The van der Waals surface area contributed by atoms with Gasteiger partial charge in [-0.15, -0.1) is 0 Å². The number of hydrogen-bond acceptors (Lipinski definition) is 5. The first kappa shape index (κ1) is 15.5. The third-order valence-electron chi connectivity index (χ3n) is 5.02. The van der Waals surface area contributed by atoms with Crippen LogP contribution >= 0.6 is 23.5 Å². The van der Waals surface area contributed by atoms with Crippen molar-refractivity contribution >= 4 is 23.5 Å². The van der Waals surface area contributed by atoms with Crippen LogP contribution in [0.15, 0.2) is 0 Å². The average molecular weight is 318 g/mol.